The van der Waals surface area contributed by atoms with Gasteiger partial charge in [0.25, 0.3) is 0 Å². The van der Waals surface area contributed by atoms with Gasteiger partial charge in [-0.2, -0.15) is 0 Å². The molecule has 0 radical (unpaired) electrons. The van der Waals surface area contributed by atoms with E-state index in [4.69, 9.17) is 21.4 Å². The zero-order chi connectivity index (χ0) is 13.1. The highest BCUT2D eigenvalue weighted by Crippen LogP contribution is 2.19. The van der Waals surface area contributed by atoms with E-state index >= 15 is 0 Å². The smallest absolute Gasteiger partial charge is 0.323 e. The number of aryl methyl sites for hydroxylation is 1. The van der Waals surface area contributed by atoms with Gasteiger partial charge < -0.3 is 9.84 Å². The molecule has 0 aromatic heterocycles. The molecule has 1 saturated heterocycles. The summed E-state index contributed by atoms with van der Waals surface area (Å²) < 4.78 is 5.21. The molecule has 0 bridgehead atoms. The van der Waals surface area contributed by atoms with Crippen LogP contribution in [0.2, 0.25) is 5.02 Å². The van der Waals surface area contributed by atoms with Crippen LogP contribution in [0.4, 0.5) is 0 Å². The molecule has 4 nitrogen and oxygen atoms in total. The molecule has 1 atom stereocenters. The van der Waals surface area contributed by atoms with E-state index in [1.165, 1.54) is 0 Å². The number of carboxylic acids is 1. The van der Waals surface area contributed by atoms with Gasteiger partial charge in [-0.3, -0.25) is 9.69 Å². The maximum atomic E-state index is 11.1. The number of halogens is 1. The summed E-state index contributed by atoms with van der Waals surface area (Å²) >= 11 is 6.07. The minimum Gasteiger partial charge on any atom is -0.480 e. The van der Waals surface area contributed by atoms with Gasteiger partial charge in [0, 0.05) is 18.1 Å². The quantitative estimate of drug-likeness (QED) is 0.911. The topological polar surface area (TPSA) is 49.8 Å². The van der Waals surface area contributed by atoms with Crippen LogP contribution in [-0.4, -0.2) is 41.8 Å². The van der Waals surface area contributed by atoms with Crippen LogP contribution in [0.3, 0.4) is 0 Å². The lowest BCUT2D eigenvalue weighted by atomic mass is 10.1. The van der Waals surface area contributed by atoms with Gasteiger partial charge in [0.2, 0.25) is 0 Å². The number of hydrogen-bond donors (Lipinski definition) is 1. The molecule has 0 aliphatic carbocycles. The molecule has 1 unspecified atom stereocenters. The second kappa shape index (κ2) is 5.69. The van der Waals surface area contributed by atoms with Crippen LogP contribution in [-0.2, 0) is 16.1 Å². The number of carboxylic acid groups (broad SMARTS) is 1. The number of nitrogens with zero attached hydrogens (tertiary/aromatic N) is 1. The van der Waals surface area contributed by atoms with Gasteiger partial charge in [0.15, 0.2) is 0 Å². The first kappa shape index (κ1) is 13.3. The van der Waals surface area contributed by atoms with Crippen molar-refractivity contribution in [2.24, 2.45) is 0 Å². The van der Waals surface area contributed by atoms with Crippen LogP contribution in [0, 0.1) is 6.92 Å². The predicted octanol–water partition coefficient (Wildman–Crippen LogP) is 1.93. The molecule has 1 aliphatic heterocycles. The van der Waals surface area contributed by atoms with Crippen molar-refractivity contribution < 1.29 is 14.6 Å². The fourth-order valence-electron chi connectivity index (χ4n) is 2.02. The standard InChI is InChI=1S/C13H16ClNO3/c1-9-2-3-10(6-11(9)14)7-15-4-5-18-8-12(15)13(16)17/h2-3,6,12H,4-5,7-8H2,1H3,(H,16,17). The second-order valence-electron chi connectivity index (χ2n) is 4.48. The van der Waals surface area contributed by atoms with Crippen LogP contribution < -0.4 is 0 Å². The highest BCUT2D eigenvalue weighted by atomic mass is 35.5. The third-order valence-electron chi connectivity index (χ3n) is 3.15. The van der Waals surface area contributed by atoms with Gasteiger partial charge >= 0.3 is 5.97 Å². The van der Waals surface area contributed by atoms with E-state index in [9.17, 15) is 4.79 Å². The Labute approximate surface area is 111 Å². The number of rotatable bonds is 3. The van der Waals surface area contributed by atoms with E-state index in [0.717, 1.165) is 11.1 Å². The number of hydrogen-bond acceptors (Lipinski definition) is 3. The summed E-state index contributed by atoms with van der Waals surface area (Å²) in [6, 6.07) is 5.26. The van der Waals surface area contributed by atoms with E-state index in [-0.39, 0.29) is 6.61 Å². The summed E-state index contributed by atoms with van der Waals surface area (Å²) in [7, 11) is 0. The third kappa shape index (κ3) is 3.02. The van der Waals surface area contributed by atoms with Gasteiger partial charge in [0.1, 0.15) is 6.04 Å². The molecule has 0 saturated carbocycles. The monoisotopic (exact) mass is 269 g/mol. The highest BCUT2D eigenvalue weighted by Gasteiger charge is 2.28. The summed E-state index contributed by atoms with van der Waals surface area (Å²) in [6.45, 7) is 3.97. The van der Waals surface area contributed by atoms with Crippen LogP contribution in [0.1, 0.15) is 11.1 Å². The average Bonchev–Trinajstić information content (AvgIpc) is 2.34. The van der Waals surface area contributed by atoms with Crippen molar-refractivity contribution in [1.82, 2.24) is 4.90 Å². The first-order valence-corrected chi connectivity index (χ1v) is 6.25. The summed E-state index contributed by atoms with van der Waals surface area (Å²) in [4.78, 5) is 13.0. The Morgan fingerprint density at radius 2 is 2.39 bits per heavy atom. The zero-order valence-corrected chi connectivity index (χ0v) is 11.0. The molecule has 1 aromatic carbocycles. The lowest BCUT2D eigenvalue weighted by molar-refractivity contribution is -0.150. The van der Waals surface area contributed by atoms with E-state index in [1.807, 2.05) is 30.0 Å². The lowest BCUT2D eigenvalue weighted by Gasteiger charge is -2.32. The Morgan fingerprint density at radius 1 is 1.61 bits per heavy atom. The molecule has 1 fully saturated rings. The fourth-order valence-corrected chi connectivity index (χ4v) is 2.23. The minimum atomic E-state index is -0.840. The van der Waals surface area contributed by atoms with Gasteiger partial charge in [-0.15, -0.1) is 0 Å². The van der Waals surface area contributed by atoms with Crippen molar-refractivity contribution in [1.29, 1.82) is 0 Å². The summed E-state index contributed by atoms with van der Waals surface area (Å²) in [5.41, 5.74) is 2.05. The van der Waals surface area contributed by atoms with Crippen molar-refractivity contribution in [3.8, 4) is 0 Å². The molecule has 1 aliphatic rings. The van der Waals surface area contributed by atoms with E-state index in [0.29, 0.717) is 24.7 Å². The first-order valence-electron chi connectivity index (χ1n) is 5.87. The van der Waals surface area contributed by atoms with Crippen molar-refractivity contribution >= 4 is 17.6 Å². The Bertz CT molecular complexity index is 450. The van der Waals surface area contributed by atoms with E-state index in [1.54, 1.807) is 0 Å². The molecule has 18 heavy (non-hydrogen) atoms. The Hall–Kier alpha value is -1.10. The summed E-state index contributed by atoms with van der Waals surface area (Å²) in [5.74, 6) is -0.840. The van der Waals surface area contributed by atoms with Gasteiger partial charge in [-0.1, -0.05) is 23.7 Å². The van der Waals surface area contributed by atoms with Crippen molar-refractivity contribution in [3.05, 3.63) is 34.3 Å². The Morgan fingerprint density at radius 3 is 3.06 bits per heavy atom. The summed E-state index contributed by atoms with van der Waals surface area (Å²) in [6.07, 6.45) is 0. The van der Waals surface area contributed by atoms with Crippen molar-refractivity contribution in [3.63, 3.8) is 0 Å². The molecule has 98 valence electrons. The second-order valence-corrected chi connectivity index (χ2v) is 4.89. The molecular formula is C13H16ClNO3. The summed E-state index contributed by atoms with van der Waals surface area (Å²) in [5, 5.41) is 9.85. The molecule has 2 rings (SSSR count). The molecular weight excluding hydrogens is 254 g/mol. The number of ether oxygens (including phenoxy) is 1. The number of benzene rings is 1. The van der Waals surface area contributed by atoms with Crippen LogP contribution in [0.15, 0.2) is 18.2 Å². The number of morpholine rings is 1. The molecule has 0 amide bonds. The predicted molar refractivity (Wildman–Crippen MR) is 68.8 cm³/mol. The molecule has 5 heteroatoms. The Kier molecular flexibility index (Phi) is 4.22. The largest absolute Gasteiger partial charge is 0.480 e. The van der Waals surface area contributed by atoms with Crippen molar-refractivity contribution in [2.75, 3.05) is 19.8 Å². The van der Waals surface area contributed by atoms with Gasteiger partial charge in [-0.25, -0.2) is 0 Å². The maximum Gasteiger partial charge on any atom is 0.323 e. The highest BCUT2D eigenvalue weighted by molar-refractivity contribution is 6.31. The third-order valence-corrected chi connectivity index (χ3v) is 3.55. The number of aliphatic carboxylic acids is 1. The number of carbonyl (C=O) groups is 1. The maximum absolute atomic E-state index is 11.1. The SMILES string of the molecule is Cc1ccc(CN2CCOCC2C(=O)O)cc1Cl. The Balaban J connectivity index is 2.10. The van der Waals surface area contributed by atoms with Crippen LogP contribution in [0.25, 0.3) is 0 Å². The first-order chi connectivity index (χ1) is 8.58. The van der Waals surface area contributed by atoms with Gasteiger partial charge in [-0.05, 0) is 24.1 Å². The van der Waals surface area contributed by atoms with Crippen molar-refractivity contribution in [2.45, 2.75) is 19.5 Å². The molecule has 1 aromatic rings. The minimum absolute atomic E-state index is 0.245. The lowest BCUT2D eigenvalue weighted by Crippen LogP contribution is -2.49. The van der Waals surface area contributed by atoms with Crippen LogP contribution in [0.5, 0.6) is 0 Å². The zero-order valence-electron chi connectivity index (χ0n) is 10.2. The van der Waals surface area contributed by atoms with E-state index in [2.05, 4.69) is 0 Å². The average molecular weight is 270 g/mol. The normalized spacial score (nSPS) is 20.9. The molecule has 1 N–H and O–H groups in total. The van der Waals surface area contributed by atoms with Crippen LogP contribution >= 0.6 is 11.6 Å². The fraction of sp³-hybridized carbons (Fsp3) is 0.462. The van der Waals surface area contributed by atoms with E-state index < -0.39 is 12.0 Å². The molecule has 0 spiro atoms. The van der Waals surface area contributed by atoms with Gasteiger partial charge in [0.05, 0.1) is 13.2 Å². The molecule has 1 heterocycles.